The molecule has 0 spiro atoms. The van der Waals surface area contributed by atoms with Gasteiger partial charge in [-0.3, -0.25) is 19.3 Å². The Balaban J connectivity index is 1.18. The van der Waals surface area contributed by atoms with Crippen LogP contribution in [0.15, 0.2) is 72.8 Å². The maximum absolute atomic E-state index is 13.0. The van der Waals surface area contributed by atoms with E-state index in [0.29, 0.717) is 35.1 Å². The lowest BCUT2D eigenvalue weighted by Gasteiger charge is -2.13. The van der Waals surface area contributed by atoms with E-state index in [4.69, 9.17) is 0 Å². The van der Waals surface area contributed by atoms with Gasteiger partial charge in [-0.05, 0) is 65.6 Å². The van der Waals surface area contributed by atoms with Gasteiger partial charge in [-0.1, -0.05) is 42.5 Å². The van der Waals surface area contributed by atoms with Crippen molar-refractivity contribution in [3.8, 4) is 11.4 Å². The summed E-state index contributed by atoms with van der Waals surface area (Å²) in [5.74, 6) is -0.431. The molecule has 4 aromatic rings. The van der Waals surface area contributed by atoms with Crippen molar-refractivity contribution in [1.82, 2.24) is 25.1 Å². The van der Waals surface area contributed by atoms with Crippen molar-refractivity contribution in [2.24, 2.45) is 0 Å². The molecule has 2 heterocycles. The standard InChI is InChI=1S/C27H22N6O3/c34-25(28-20-8-4-7-18(15-20)24-29-30-31-33(24)21-10-11-21)19-9-12-22-23(16-19)27(36)32(26(22)35)14-13-17-5-2-1-3-6-17/h1-9,12,15-16,21H,10-11,13-14H2,(H,28,34). The first-order chi connectivity index (χ1) is 17.6. The van der Waals surface area contributed by atoms with Crippen LogP contribution in [0.4, 0.5) is 5.69 Å². The van der Waals surface area contributed by atoms with Crippen LogP contribution in [0.25, 0.3) is 11.4 Å². The van der Waals surface area contributed by atoms with E-state index in [9.17, 15) is 14.4 Å². The number of rotatable bonds is 7. The molecule has 36 heavy (non-hydrogen) atoms. The molecule has 0 bridgehead atoms. The molecule has 1 fully saturated rings. The Kier molecular flexibility index (Phi) is 5.37. The normalized spacial score (nSPS) is 14.7. The first-order valence-corrected chi connectivity index (χ1v) is 11.8. The molecule has 2 aliphatic rings. The van der Waals surface area contributed by atoms with Crippen molar-refractivity contribution >= 4 is 23.4 Å². The lowest BCUT2D eigenvalue weighted by atomic mass is 10.1. The Morgan fingerprint density at radius 2 is 1.72 bits per heavy atom. The zero-order valence-electron chi connectivity index (χ0n) is 19.3. The van der Waals surface area contributed by atoms with Crippen LogP contribution in [0.5, 0.6) is 0 Å². The zero-order chi connectivity index (χ0) is 24.6. The monoisotopic (exact) mass is 478 g/mol. The van der Waals surface area contributed by atoms with Crippen molar-refractivity contribution in [1.29, 1.82) is 0 Å². The number of aromatic nitrogens is 4. The van der Waals surface area contributed by atoms with Gasteiger partial charge in [0.25, 0.3) is 17.7 Å². The molecule has 178 valence electrons. The van der Waals surface area contributed by atoms with Crippen LogP contribution in [0, 0.1) is 0 Å². The second-order valence-corrected chi connectivity index (χ2v) is 8.97. The highest BCUT2D eigenvalue weighted by Crippen LogP contribution is 2.37. The molecule has 9 nitrogen and oxygen atoms in total. The Labute approximate surface area is 206 Å². The molecule has 1 aliphatic carbocycles. The van der Waals surface area contributed by atoms with Gasteiger partial charge in [-0.2, -0.15) is 0 Å². The van der Waals surface area contributed by atoms with E-state index < -0.39 is 0 Å². The molecule has 6 rings (SSSR count). The third-order valence-corrected chi connectivity index (χ3v) is 6.46. The molecule has 1 N–H and O–H groups in total. The summed E-state index contributed by atoms with van der Waals surface area (Å²) in [4.78, 5) is 40.1. The van der Waals surface area contributed by atoms with E-state index in [0.717, 1.165) is 24.0 Å². The van der Waals surface area contributed by atoms with Crippen molar-refractivity contribution in [2.45, 2.75) is 25.3 Å². The number of carbonyl (C=O) groups is 3. The minimum atomic E-state index is -0.380. The summed E-state index contributed by atoms with van der Waals surface area (Å²) in [6.07, 6.45) is 2.68. The third-order valence-electron chi connectivity index (χ3n) is 6.46. The van der Waals surface area contributed by atoms with E-state index in [1.165, 1.54) is 11.0 Å². The van der Waals surface area contributed by atoms with E-state index in [-0.39, 0.29) is 29.8 Å². The fraction of sp³-hybridized carbons (Fsp3) is 0.185. The van der Waals surface area contributed by atoms with Gasteiger partial charge in [0.05, 0.1) is 17.2 Å². The number of tetrazole rings is 1. The van der Waals surface area contributed by atoms with E-state index in [2.05, 4.69) is 20.8 Å². The van der Waals surface area contributed by atoms with Crippen LogP contribution < -0.4 is 5.32 Å². The number of hydrogen-bond donors (Lipinski definition) is 1. The number of fused-ring (bicyclic) bond motifs is 1. The number of imide groups is 1. The number of anilines is 1. The van der Waals surface area contributed by atoms with Gasteiger partial charge in [0.2, 0.25) is 0 Å². The van der Waals surface area contributed by atoms with Crippen molar-refractivity contribution in [3.05, 3.63) is 95.1 Å². The molecule has 0 saturated heterocycles. The lowest BCUT2D eigenvalue weighted by Crippen LogP contribution is -2.31. The Bertz CT molecular complexity index is 1490. The molecule has 3 amide bonds. The van der Waals surface area contributed by atoms with Gasteiger partial charge in [0, 0.05) is 23.4 Å². The molecule has 0 atom stereocenters. The Morgan fingerprint density at radius 1 is 0.917 bits per heavy atom. The zero-order valence-corrected chi connectivity index (χ0v) is 19.3. The topological polar surface area (TPSA) is 110 Å². The average molecular weight is 479 g/mol. The number of hydrogen-bond acceptors (Lipinski definition) is 6. The van der Waals surface area contributed by atoms with Gasteiger partial charge in [0.15, 0.2) is 5.82 Å². The fourth-order valence-electron chi connectivity index (χ4n) is 4.41. The first-order valence-electron chi connectivity index (χ1n) is 11.8. The molecular formula is C27H22N6O3. The minimum absolute atomic E-state index is 0.248. The second kappa shape index (κ2) is 8.84. The Morgan fingerprint density at radius 3 is 2.53 bits per heavy atom. The van der Waals surface area contributed by atoms with Crippen LogP contribution in [-0.4, -0.2) is 49.4 Å². The molecule has 1 aliphatic heterocycles. The number of nitrogens with zero attached hydrogens (tertiary/aromatic N) is 5. The SMILES string of the molecule is O=C(Nc1cccc(-c2nnnn2C2CC2)c1)c1ccc2c(c1)C(=O)N(CCc1ccccc1)C2=O. The summed E-state index contributed by atoms with van der Waals surface area (Å²) in [6, 6.07) is 21.9. The molecule has 1 aromatic heterocycles. The van der Waals surface area contributed by atoms with Crippen LogP contribution in [0.1, 0.15) is 55.5 Å². The van der Waals surface area contributed by atoms with E-state index >= 15 is 0 Å². The van der Waals surface area contributed by atoms with Gasteiger partial charge in [-0.15, -0.1) is 5.10 Å². The Hall–Kier alpha value is -4.66. The summed E-state index contributed by atoms with van der Waals surface area (Å²) >= 11 is 0. The highest BCUT2D eigenvalue weighted by atomic mass is 16.2. The maximum Gasteiger partial charge on any atom is 0.261 e. The van der Waals surface area contributed by atoms with Crippen LogP contribution in [-0.2, 0) is 6.42 Å². The predicted molar refractivity (Wildman–Crippen MR) is 131 cm³/mol. The lowest BCUT2D eigenvalue weighted by molar-refractivity contribution is 0.0656. The van der Waals surface area contributed by atoms with Crippen LogP contribution in [0.2, 0.25) is 0 Å². The smallest absolute Gasteiger partial charge is 0.261 e. The molecular weight excluding hydrogens is 456 g/mol. The summed E-state index contributed by atoms with van der Waals surface area (Å²) in [7, 11) is 0. The minimum Gasteiger partial charge on any atom is -0.322 e. The molecule has 3 aromatic carbocycles. The van der Waals surface area contributed by atoms with Gasteiger partial charge in [0.1, 0.15) is 0 Å². The quantitative estimate of drug-likeness (QED) is 0.405. The highest BCUT2D eigenvalue weighted by Gasteiger charge is 2.35. The van der Waals surface area contributed by atoms with Crippen molar-refractivity contribution in [3.63, 3.8) is 0 Å². The van der Waals surface area contributed by atoms with E-state index in [1.807, 2.05) is 53.2 Å². The van der Waals surface area contributed by atoms with Gasteiger partial charge < -0.3 is 5.32 Å². The maximum atomic E-state index is 13.0. The summed E-state index contributed by atoms with van der Waals surface area (Å²) in [5.41, 5.74) is 3.29. The summed E-state index contributed by atoms with van der Waals surface area (Å²) in [6.45, 7) is 0.283. The van der Waals surface area contributed by atoms with Gasteiger partial charge >= 0.3 is 0 Å². The second-order valence-electron chi connectivity index (χ2n) is 8.97. The molecule has 0 radical (unpaired) electrons. The fourth-order valence-corrected chi connectivity index (χ4v) is 4.41. The van der Waals surface area contributed by atoms with Crippen molar-refractivity contribution < 1.29 is 14.4 Å². The largest absolute Gasteiger partial charge is 0.322 e. The van der Waals surface area contributed by atoms with Gasteiger partial charge in [-0.25, -0.2) is 4.68 Å². The number of amides is 3. The molecule has 9 heteroatoms. The summed E-state index contributed by atoms with van der Waals surface area (Å²) < 4.78 is 1.81. The summed E-state index contributed by atoms with van der Waals surface area (Å²) in [5, 5.41) is 14.9. The third kappa shape index (κ3) is 4.04. The molecule has 1 saturated carbocycles. The first kappa shape index (κ1) is 21.8. The average Bonchev–Trinajstić information content (AvgIpc) is 3.58. The van der Waals surface area contributed by atoms with Crippen LogP contribution >= 0.6 is 0 Å². The number of nitrogens with one attached hydrogen (secondary N) is 1. The number of carbonyl (C=O) groups excluding carboxylic acids is 3. The van der Waals surface area contributed by atoms with Crippen LogP contribution in [0.3, 0.4) is 0 Å². The predicted octanol–water partition coefficient (Wildman–Crippen LogP) is 3.77. The van der Waals surface area contributed by atoms with Crippen molar-refractivity contribution in [2.75, 3.05) is 11.9 Å². The van der Waals surface area contributed by atoms with E-state index in [1.54, 1.807) is 18.2 Å². The highest BCUT2D eigenvalue weighted by molar-refractivity contribution is 6.22. The molecule has 0 unspecified atom stereocenters. The number of benzene rings is 3.